The number of alkyl halides is 3. The van der Waals surface area contributed by atoms with Gasteiger partial charge in [-0.05, 0) is 48.5 Å². The molecule has 2 aromatic rings. The van der Waals surface area contributed by atoms with E-state index in [1.165, 1.54) is 0 Å². The molecule has 158 valence electrons. The molecule has 2 aliphatic rings. The number of nitrogens with one attached hydrogen (secondary N) is 1. The molecular formula is C21H20F3N3O3. The van der Waals surface area contributed by atoms with Gasteiger partial charge >= 0.3 is 6.18 Å². The van der Waals surface area contributed by atoms with E-state index in [0.717, 1.165) is 47.9 Å². The number of hydrogen-bond acceptors (Lipinski definition) is 5. The van der Waals surface area contributed by atoms with Crippen LogP contribution in [0.1, 0.15) is 12.0 Å². The zero-order valence-electron chi connectivity index (χ0n) is 16.0. The average Bonchev–Trinajstić information content (AvgIpc) is 3.01. The first-order valence-electron chi connectivity index (χ1n) is 9.56. The maximum absolute atomic E-state index is 12.7. The molecule has 9 heteroatoms. The largest absolute Gasteiger partial charge is 0.416 e. The first kappa shape index (κ1) is 20.2. The smallest absolute Gasteiger partial charge is 0.378 e. The Bertz CT molecular complexity index is 923. The molecule has 0 spiro atoms. The van der Waals surface area contributed by atoms with Gasteiger partial charge in [0.2, 0.25) is 5.91 Å². The fourth-order valence-corrected chi connectivity index (χ4v) is 3.61. The number of rotatable bonds is 4. The van der Waals surface area contributed by atoms with Gasteiger partial charge in [-0.25, -0.2) is 4.90 Å². The molecule has 2 fully saturated rings. The number of anilines is 3. The number of carbonyl (C=O) groups is 2. The van der Waals surface area contributed by atoms with Crippen LogP contribution in [0.3, 0.4) is 0 Å². The van der Waals surface area contributed by atoms with Crippen molar-refractivity contribution >= 4 is 28.9 Å². The highest BCUT2D eigenvalue weighted by Gasteiger charge is 2.40. The first-order valence-corrected chi connectivity index (χ1v) is 9.56. The Balaban J connectivity index is 1.44. The standard InChI is InChI=1S/C21H20F3N3O3/c22-21(23,24)14-1-5-17(6-2-14)27-19(28)13-18(20(27)29)25-15-3-7-16(8-4-15)26-9-11-30-12-10-26/h1-8,18,25H,9-13H2/t18-/m1/s1. The van der Waals surface area contributed by atoms with Crippen LogP contribution < -0.4 is 15.1 Å². The van der Waals surface area contributed by atoms with E-state index in [0.29, 0.717) is 18.9 Å². The van der Waals surface area contributed by atoms with Gasteiger partial charge in [0, 0.05) is 24.5 Å². The van der Waals surface area contributed by atoms with E-state index in [4.69, 9.17) is 4.74 Å². The van der Waals surface area contributed by atoms with Gasteiger partial charge in [0.25, 0.3) is 5.91 Å². The second kappa shape index (κ2) is 7.98. The van der Waals surface area contributed by atoms with Crippen LogP contribution in [0.25, 0.3) is 0 Å². The minimum atomic E-state index is -4.48. The fourth-order valence-electron chi connectivity index (χ4n) is 3.61. The highest BCUT2D eigenvalue weighted by Crippen LogP contribution is 2.32. The summed E-state index contributed by atoms with van der Waals surface area (Å²) in [5, 5.41) is 3.05. The number of ether oxygens (including phenoxy) is 1. The molecule has 0 saturated carbocycles. The van der Waals surface area contributed by atoms with Gasteiger partial charge in [0.15, 0.2) is 0 Å². The second-order valence-corrected chi connectivity index (χ2v) is 7.16. The van der Waals surface area contributed by atoms with Crippen molar-refractivity contribution in [3.8, 4) is 0 Å². The zero-order valence-corrected chi connectivity index (χ0v) is 16.0. The van der Waals surface area contributed by atoms with Crippen LogP contribution in [0.4, 0.5) is 30.2 Å². The van der Waals surface area contributed by atoms with Gasteiger partial charge in [-0.15, -0.1) is 0 Å². The molecule has 4 rings (SSSR count). The summed E-state index contributed by atoms with van der Waals surface area (Å²) in [4.78, 5) is 28.2. The highest BCUT2D eigenvalue weighted by molar-refractivity contribution is 6.23. The normalized spacial score (nSPS) is 20.0. The van der Waals surface area contributed by atoms with Gasteiger partial charge in [-0.2, -0.15) is 13.2 Å². The van der Waals surface area contributed by atoms with Crippen molar-refractivity contribution in [2.75, 3.05) is 41.4 Å². The lowest BCUT2D eigenvalue weighted by atomic mass is 10.2. The number of morpholine rings is 1. The van der Waals surface area contributed by atoms with Crippen molar-refractivity contribution in [1.82, 2.24) is 0 Å². The Morgan fingerprint density at radius 1 is 0.900 bits per heavy atom. The molecule has 0 unspecified atom stereocenters. The number of halogens is 3. The van der Waals surface area contributed by atoms with Crippen molar-refractivity contribution in [1.29, 1.82) is 0 Å². The summed E-state index contributed by atoms with van der Waals surface area (Å²) in [5.41, 5.74) is 1.03. The maximum atomic E-state index is 12.7. The predicted molar refractivity (Wildman–Crippen MR) is 105 cm³/mol. The molecule has 2 aliphatic heterocycles. The molecule has 2 aromatic carbocycles. The third-order valence-electron chi connectivity index (χ3n) is 5.18. The average molecular weight is 419 g/mol. The topological polar surface area (TPSA) is 61.9 Å². The third kappa shape index (κ3) is 4.11. The summed E-state index contributed by atoms with van der Waals surface area (Å²) in [6.07, 6.45) is -4.54. The molecule has 1 atom stereocenters. The van der Waals surface area contributed by atoms with E-state index in [2.05, 4.69) is 10.2 Å². The highest BCUT2D eigenvalue weighted by atomic mass is 19.4. The minimum Gasteiger partial charge on any atom is -0.378 e. The van der Waals surface area contributed by atoms with Crippen LogP contribution in [0.15, 0.2) is 48.5 Å². The molecule has 2 amide bonds. The number of carbonyl (C=O) groups excluding carboxylic acids is 2. The number of benzene rings is 2. The van der Waals surface area contributed by atoms with Crippen molar-refractivity contribution in [3.63, 3.8) is 0 Å². The van der Waals surface area contributed by atoms with Crippen molar-refractivity contribution in [3.05, 3.63) is 54.1 Å². The molecule has 2 heterocycles. The van der Waals surface area contributed by atoms with Crippen molar-refractivity contribution < 1.29 is 27.5 Å². The van der Waals surface area contributed by atoms with Crippen LogP contribution in [0.2, 0.25) is 0 Å². The van der Waals surface area contributed by atoms with Crippen molar-refractivity contribution in [2.24, 2.45) is 0 Å². The summed E-state index contributed by atoms with van der Waals surface area (Å²) < 4.78 is 43.5. The molecule has 1 N–H and O–H groups in total. The van der Waals surface area contributed by atoms with E-state index < -0.39 is 29.6 Å². The Hall–Kier alpha value is -3.07. The van der Waals surface area contributed by atoms with Crippen LogP contribution >= 0.6 is 0 Å². The monoisotopic (exact) mass is 419 g/mol. The predicted octanol–water partition coefficient (Wildman–Crippen LogP) is 3.29. The van der Waals surface area contributed by atoms with Crippen LogP contribution in [-0.2, 0) is 20.5 Å². The Morgan fingerprint density at radius 3 is 2.10 bits per heavy atom. The lowest BCUT2D eigenvalue weighted by Crippen LogP contribution is -2.36. The van der Waals surface area contributed by atoms with E-state index in [1.54, 1.807) is 0 Å². The molecule has 0 radical (unpaired) electrons. The third-order valence-corrected chi connectivity index (χ3v) is 5.18. The summed E-state index contributed by atoms with van der Waals surface area (Å²) in [5.74, 6) is -0.945. The van der Waals surface area contributed by atoms with E-state index in [-0.39, 0.29) is 12.1 Å². The fraction of sp³-hybridized carbons (Fsp3) is 0.333. The summed E-state index contributed by atoms with van der Waals surface area (Å²) in [6, 6.07) is 10.8. The number of nitrogens with zero attached hydrogens (tertiary/aromatic N) is 2. The molecule has 0 bridgehead atoms. The maximum Gasteiger partial charge on any atom is 0.416 e. The molecule has 30 heavy (non-hydrogen) atoms. The lowest BCUT2D eigenvalue weighted by Gasteiger charge is -2.29. The van der Waals surface area contributed by atoms with Gasteiger partial charge in [-0.1, -0.05) is 0 Å². The quantitative estimate of drug-likeness (QED) is 0.771. The minimum absolute atomic E-state index is 0.0644. The van der Waals surface area contributed by atoms with Crippen LogP contribution in [0, 0.1) is 0 Å². The van der Waals surface area contributed by atoms with Crippen LogP contribution in [-0.4, -0.2) is 44.2 Å². The van der Waals surface area contributed by atoms with Gasteiger partial charge in [-0.3, -0.25) is 9.59 Å². The van der Waals surface area contributed by atoms with Crippen molar-refractivity contribution in [2.45, 2.75) is 18.6 Å². The lowest BCUT2D eigenvalue weighted by molar-refractivity contribution is -0.137. The zero-order chi connectivity index (χ0) is 21.3. The molecular weight excluding hydrogens is 399 g/mol. The SMILES string of the molecule is O=C1C[C@@H](Nc2ccc(N3CCOCC3)cc2)C(=O)N1c1ccc(C(F)(F)F)cc1. The van der Waals surface area contributed by atoms with Crippen LogP contribution in [0.5, 0.6) is 0 Å². The second-order valence-electron chi connectivity index (χ2n) is 7.16. The summed E-state index contributed by atoms with van der Waals surface area (Å²) >= 11 is 0. The van der Waals surface area contributed by atoms with Gasteiger partial charge in [0.1, 0.15) is 6.04 Å². The van der Waals surface area contributed by atoms with E-state index in [1.807, 2.05) is 24.3 Å². The number of amides is 2. The molecule has 0 aromatic heterocycles. The number of hydrogen-bond donors (Lipinski definition) is 1. The Kier molecular flexibility index (Phi) is 5.38. The molecule has 2 saturated heterocycles. The summed E-state index contributed by atoms with van der Waals surface area (Å²) in [6.45, 7) is 2.98. The Morgan fingerprint density at radius 2 is 1.50 bits per heavy atom. The Labute approximate surface area is 171 Å². The summed E-state index contributed by atoms with van der Waals surface area (Å²) in [7, 11) is 0. The van der Waals surface area contributed by atoms with Gasteiger partial charge in [0.05, 0.1) is 30.9 Å². The molecule has 6 nitrogen and oxygen atoms in total. The van der Waals surface area contributed by atoms with Gasteiger partial charge < -0.3 is 15.0 Å². The first-order chi connectivity index (χ1) is 14.3. The number of imide groups is 1. The van der Waals surface area contributed by atoms with E-state index >= 15 is 0 Å². The molecule has 0 aliphatic carbocycles. The van der Waals surface area contributed by atoms with E-state index in [9.17, 15) is 22.8 Å².